The summed E-state index contributed by atoms with van der Waals surface area (Å²) >= 11 is 0. The highest BCUT2D eigenvalue weighted by atomic mass is 16.5. The van der Waals surface area contributed by atoms with E-state index in [1.165, 1.54) is 6.07 Å². The standard InChI is InChI=1S/C24H21NO4/c1-25(21-15-24(26)29-23-7-5-4-6-19(21)23)17-10-13-22(28-3)20(14-17)16-8-11-18(27-2)12-9-16/h4-15H,1-3H3. The van der Waals surface area contributed by atoms with Crippen LogP contribution >= 0.6 is 0 Å². The maximum atomic E-state index is 12.1. The summed E-state index contributed by atoms with van der Waals surface area (Å²) in [6.45, 7) is 0. The zero-order valence-electron chi connectivity index (χ0n) is 16.5. The van der Waals surface area contributed by atoms with E-state index < -0.39 is 0 Å². The Bertz CT molecular complexity index is 1210. The molecule has 1 aromatic heterocycles. The maximum Gasteiger partial charge on any atom is 0.338 e. The van der Waals surface area contributed by atoms with Crippen LogP contribution in [-0.2, 0) is 0 Å². The molecule has 0 radical (unpaired) electrons. The van der Waals surface area contributed by atoms with Gasteiger partial charge in [-0.25, -0.2) is 4.79 Å². The number of nitrogens with zero attached hydrogens (tertiary/aromatic N) is 1. The average Bonchev–Trinajstić information content (AvgIpc) is 2.77. The average molecular weight is 387 g/mol. The van der Waals surface area contributed by atoms with Crippen LogP contribution in [0.1, 0.15) is 0 Å². The Morgan fingerprint density at radius 3 is 2.34 bits per heavy atom. The number of methoxy groups -OCH3 is 2. The monoisotopic (exact) mass is 387 g/mol. The Morgan fingerprint density at radius 2 is 1.62 bits per heavy atom. The van der Waals surface area contributed by atoms with Gasteiger partial charge in [-0.05, 0) is 48.0 Å². The Kier molecular flexibility index (Phi) is 4.96. The van der Waals surface area contributed by atoms with E-state index in [1.54, 1.807) is 20.3 Å². The van der Waals surface area contributed by atoms with E-state index in [0.29, 0.717) is 5.58 Å². The van der Waals surface area contributed by atoms with Crippen molar-refractivity contribution in [3.8, 4) is 22.6 Å². The molecule has 0 amide bonds. The number of fused-ring (bicyclic) bond motifs is 1. The molecule has 0 spiro atoms. The molecule has 0 saturated heterocycles. The van der Waals surface area contributed by atoms with Crippen LogP contribution in [0.25, 0.3) is 22.1 Å². The zero-order chi connectivity index (χ0) is 20.4. The summed E-state index contributed by atoms with van der Waals surface area (Å²) in [5, 5.41) is 0.872. The summed E-state index contributed by atoms with van der Waals surface area (Å²) in [4.78, 5) is 14.0. The van der Waals surface area contributed by atoms with Crippen molar-refractivity contribution < 1.29 is 13.9 Å². The normalized spacial score (nSPS) is 10.7. The molecule has 5 heteroatoms. The highest BCUT2D eigenvalue weighted by Crippen LogP contribution is 2.37. The number of anilines is 2. The van der Waals surface area contributed by atoms with Crippen LogP contribution in [0.15, 0.2) is 82.0 Å². The summed E-state index contributed by atoms with van der Waals surface area (Å²) in [5.74, 6) is 1.56. The topological polar surface area (TPSA) is 51.9 Å². The molecule has 0 N–H and O–H groups in total. The van der Waals surface area contributed by atoms with E-state index in [1.807, 2.05) is 72.6 Å². The second-order valence-corrected chi connectivity index (χ2v) is 6.62. The lowest BCUT2D eigenvalue weighted by atomic mass is 10.0. The van der Waals surface area contributed by atoms with Crippen molar-refractivity contribution in [2.24, 2.45) is 0 Å². The maximum absolute atomic E-state index is 12.1. The molecule has 0 aliphatic heterocycles. The quantitative estimate of drug-likeness (QED) is 0.438. The SMILES string of the molecule is COc1ccc(-c2cc(N(C)c3cc(=O)oc4ccccc34)ccc2OC)cc1. The van der Waals surface area contributed by atoms with E-state index in [4.69, 9.17) is 13.9 Å². The number of para-hydroxylation sites is 1. The molecule has 0 aliphatic rings. The fraction of sp³-hybridized carbons (Fsp3) is 0.125. The smallest absolute Gasteiger partial charge is 0.338 e. The van der Waals surface area contributed by atoms with Crippen LogP contribution < -0.4 is 20.0 Å². The minimum Gasteiger partial charge on any atom is -0.497 e. The van der Waals surface area contributed by atoms with Gasteiger partial charge >= 0.3 is 5.63 Å². The van der Waals surface area contributed by atoms with Crippen molar-refractivity contribution >= 4 is 22.3 Å². The van der Waals surface area contributed by atoms with Crippen LogP contribution in [0.4, 0.5) is 11.4 Å². The fourth-order valence-electron chi connectivity index (χ4n) is 3.41. The van der Waals surface area contributed by atoms with Crippen molar-refractivity contribution in [3.63, 3.8) is 0 Å². The predicted octanol–water partition coefficient (Wildman–Crippen LogP) is 5.25. The molecule has 0 fully saturated rings. The Balaban J connectivity index is 1.82. The van der Waals surface area contributed by atoms with E-state index >= 15 is 0 Å². The molecule has 0 atom stereocenters. The molecule has 146 valence electrons. The number of hydrogen-bond donors (Lipinski definition) is 0. The molecule has 0 saturated carbocycles. The summed E-state index contributed by atoms with van der Waals surface area (Å²) in [5.41, 5.74) is 3.84. The summed E-state index contributed by atoms with van der Waals surface area (Å²) < 4.78 is 16.2. The highest BCUT2D eigenvalue weighted by Gasteiger charge is 2.14. The van der Waals surface area contributed by atoms with Crippen LogP contribution in [-0.4, -0.2) is 21.3 Å². The second-order valence-electron chi connectivity index (χ2n) is 6.62. The Morgan fingerprint density at radius 1 is 0.862 bits per heavy atom. The van der Waals surface area contributed by atoms with Crippen molar-refractivity contribution in [2.75, 3.05) is 26.2 Å². The molecule has 5 nitrogen and oxygen atoms in total. The largest absolute Gasteiger partial charge is 0.497 e. The van der Waals surface area contributed by atoms with Gasteiger partial charge in [-0.15, -0.1) is 0 Å². The Labute approximate surface area is 168 Å². The number of rotatable bonds is 5. The molecular weight excluding hydrogens is 366 g/mol. The third-order valence-corrected chi connectivity index (χ3v) is 4.96. The van der Waals surface area contributed by atoms with E-state index in [0.717, 1.165) is 39.4 Å². The minimum absolute atomic E-state index is 0.380. The van der Waals surface area contributed by atoms with E-state index in [-0.39, 0.29) is 5.63 Å². The fourth-order valence-corrected chi connectivity index (χ4v) is 3.41. The first-order valence-electron chi connectivity index (χ1n) is 9.20. The van der Waals surface area contributed by atoms with Crippen LogP contribution in [0.2, 0.25) is 0 Å². The highest BCUT2D eigenvalue weighted by molar-refractivity contribution is 5.92. The van der Waals surface area contributed by atoms with Gasteiger partial charge in [0.25, 0.3) is 0 Å². The van der Waals surface area contributed by atoms with Crippen LogP contribution in [0, 0.1) is 0 Å². The van der Waals surface area contributed by atoms with Gasteiger partial charge in [0, 0.05) is 29.8 Å². The first-order valence-corrected chi connectivity index (χ1v) is 9.20. The molecular formula is C24H21NO4. The van der Waals surface area contributed by atoms with Crippen LogP contribution in [0.5, 0.6) is 11.5 Å². The number of ether oxygens (including phenoxy) is 2. The van der Waals surface area contributed by atoms with E-state index in [9.17, 15) is 4.79 Å². The van der Waals surface area contributed by atoms with Gasteiger partial charge in [0.1, 0.15) is 17.1 Å². The Hall–Kier alpha value is -3.73. The molecule has 0 aliphatic carbocycles. The first-order chi connectivity index (χ1) is 14.1. The van der Waals surface area contributed by atoms with Gasteiger partial charge in [0.15, 0.2) is 0 Å². The lowest BCUT2D eigenvalue weighted by Gasteiger charge is -2.22. The van der Waals surface area contributed by atoms with Gasteiger partial charge in [-0.3, -0.25) is 0 Å². The molecule has 4 aromatic rings. The van der Waals surface area contributed by atoms with E-state index in [2.05, 4.69) is 0 Å². The van der Waals surface area contributed by atoms with Crippen molar-refractivity contribution in [1.82, 2.24) is 0 Å². The molecule has 0 unspecified atom stereocenters. The lowest BCUT2D eigenvalue weighted by Crippen LogP contribution is -2.13. The molecule has 0 bridgehead atoms. The summed E-state index contributed by atoms with van der Waals surface area (Å²) in [6, 6.07) is 22.8. The second kappa shape index (κ2) is 7.72. The van der Waals surface area contributed by atoms with Crippen molar-refractivity contribution in [3.05, 3.63) is 83.2 Å². The van der Waals surface area contributed by atoms with Gasteiger partial charge in [0.2, 0.25) is 0 Å². The van der Waals surface area contributed by atoms with Crippen molar-refractivity contribution in [1.29, 1.82) is 0 Å². The van der Waals surface area contributed by atoms with Gasteiger partial charge in [-0.1, -0.05) is 24.3 Å². The van der Waals surface area contributed by atoms with Crippen LogP contribution in [0.3, 0.4) is 0 Å². The molecule has 3 aromatic carbocycles. The summed E-state index contributed by atoms with van der Waals surface area (Å²) in [6.07, 6.45) is 0. The molecule has 1 heterocycles. The first kappa shape index (κ1) is 18.6. The lowest BCUT2D eigenvalue weighted by molar-refractivity contribution is 0.414. The predicted molar refractivity (Wildman–Crippen MR) is 116 cm³/mol. The number of benzene rings is 3. The minimum atomic E-state index is -0.380. The third-order valence-electron chi connectivity index (χ3n) is 4.96. The van der Waals surface area contributed by atoms with Gasteiger partial charge in [0.05, 0.1) is 19.9 Å². The number of hydrogen-bond acceptors (Lipinski definition) is 5. The molecule has 29 heavy (non-hydrogen) atoms. The molecule has 4 rings (SSSR count). The van der Waals surface area contributed by atoms with Crippen molar-refractivity contribution in [2.45, 2.75) is 0 Å². The zero-order valence-corrected chi connectivity index (χ0v) is 16.5. The third kappa shape index (κ3) is 3.55. The van der Waals surface area contributed by atoms with Gasteiger partial charge < -0.3 is 18.8 Å². The summed E-state index contributed by atoms with van der Waals surface area (Å²) in [7, 11) is 5.23. The van der Waals surface area contributed by atoms with Gasteiger partial charge in [-0.2, -0.15) is 0 Å².